The van der Waals surface area contributed by atoms with E-state index >= 15 is 0 Å². The first kappa shape index (κ1) is 13.2. The smallest absolute Gasteiger partial charge is 0.127 e. The molecule has 3 heteroatoms. The Balaban J connectivity index is 1.86. The largest absolute Gasteiger partial charge is 0.488 e. The summed E-state index contributed by atoms with van der Waals surface area (Å²) in [5.74, 6) is 0.827. The van der Waals surface area contributed by atoms with Crippen LogP contribution in [0.1, 0.15) is 5.56 Å². The van der Waals surface area contributed by atoms with Crippen molar-refractivity contribution in [3.63, 3.8) is 0 Å². The van der Waals surface area contributed by atoms with Crippen molar-refractivity contribution in [1.82, 2.24) is 0 Å². The van der Waals surface area contributed by atoms with Crippen LogP contribution in [0.4, 0.5) is 0 Å². The molecular formula is C17H12ClOS. The molecule has 0 N–H and O–H groups in total. The molecule has 0 amide bonds. The average molecular weight is 300 g/mol. The molecular weight excluding hydrogens is 288 g/mol. The molecule has 1 aromatic heterocycles. The van der Waals surface area contributed by atoms with E-state index in [4.69, 9.17) is 16.3 Å². The Labute approximate surface area is 127 Å². The number of thiophene rings is 1. The Hall–Kier alpha value is -1.77. The number of ether oxygens (including phenoxy) is 1. The van der Waals surface area contributed by atoms with E-state index in [0.717, 1.165) is 22.4 Å². The molecule has 0 aliphatic carbocycles. The van der Waals surface area contributed by atoms with Gasteiger partial charge in [0, 0.05) is 16.1 Å². The Morgan fingerprint density at radius 2 is 1.90 bits per heavy atom. The van der Waals surface area contributed by atoms with E-state index in [-0.39, 0.29) is 0 Å². The Kier molecular flexibility index (Phi) is 4.05. The van der Waals surface area contributed by atoms with Gasteiger partial charge in [-0.1, -0.05) is 41.9 Å². The van der Waals surface area contributed by atoms with Crippen LogP contribution in [0, 0.1) is 5.38 Å². The van der Waals surface area contributed by atoms with Crippen molar-refractivity contribution in [1.29, 1.82) is 0 Å². The third-order valence-electron chi connectivity index (χ3n) is 2.94. The molecule has 0 bridgehead atoms. The van der Waals surface area contributed by atoms with Crippen LogP contribution in [0.15, 0.2) is 60.0 Å². The molecule has 0 saturated carbocycles. The molecule has 1 radical (unpaired) electrons. The van der Waals surface area contributed by atoms with E-state index in [9.17, 15) is 0 Å². The predicted molar refractivity (Wildman–Crippen MR) is 84.4 cm³/mol. The molecule has 1 nitrogen and oxygen atoms in total. The number of halogens is 1. The lowest BCUT2D eigenvalue weighted by atomic mass is 10.1. The highest BCUT2D eigenvalue weighted by Gasteiger charge is 2.08. The molecule has 0 atom stereocenters. The molecule has 1 heterocycles. The third kappa shape index (κ3) is 3.03. The van der Waals surface area contributed by atoms with Gasteiger partial charge in [0.1, 0.15) is 12.4 Å². The van der Waals surface area contributed by atoms with Gasteiger partial charge in [0.25, 0.3) is 0 Å². The molecule has 0 fully saturated rings. The Morgan fingerprint density at radius 1 is 1.05 bits per heavy atom. The highest BCUT2D eigenvalue weighted by atomic mass is 35.5. The molecule has 0 aliphatic rings. The maximum absolute atomic E-state index is 6.08. The van der Waals surface area contributed by atoms with Gasteiger partial charge in [-0.3, -0.25) is 0 Å². The fraction of sp³-hybridized carbons (Fsp3) is 0.0588. The van der Waals surface area contributed by atoms with Crippen molar-refractivity contribution >= 4 is 22.9 Å². The molecule has 0 unspecified atom stereocenters. The minimum absolute atomic E-state index is 0.541. The van der Waals surface area contributed by atoms with Gasteiger partial charge in [0.15, 0.2) is 0 Å². The minimum atomic E-state index is 0.541. The van der Waals surface area contributed by atoms with Crippen molar-refractivity contribution in [3.05, 3.63) is 75.9 Å². The van der Waals surface area contributed by atoms with E-state index < -0.39 is 0 Å². The van der Waals surface area contributed by atoms with Crippen molar-refractivity contribution < 1.29 is 4.74 Å². The standard InChI is InChI=1S/C17H12ClOS/c18-15-6-7-17(16(10-15)14-8-9-20-12-14)19-11-13-4-2-1-3-5-13/h1-10H,11H2. The first-order valence-corrected chi connectivity index (χ1v) is 7.50. The van der Waals surface area contributed by atoms with Crippen LogP contribution in [-0.4, -0.2) is 0 Å². The molecule has 0 saturated heterocycles. The first-order chi connectivity index (χ1) is 9.83. The zero-order valence-corrected chi connectivity index (χ0v) is 12.2. The lowest BCUT2D eigenvalue weighted by Gasteiger charge is -2.11. The molecule has 0 spiro atoms. The van der Waals surface area contributed by atoms with Gasteiger partial charge in [-0.25, -0.2) is 0 Å². The Morgan fingerprint density at radius 3 is 2.65 bits per heavy atom. The summed E-state index contributed by atoms with van der Waals surface area (Å²) in [6.07, 6.45) is 0. The summed E-state index contributed by atoms with van der Waals surface area (Å²) in [6, 6.07) is 17.8. The van der Waals surface area contributed by atoms with Gasteiger partial charge < -0.3 is 4.74 Å². The SMILES string of the molecule is Clc1ccc(OCc2ccccc2)c(-c2[c]scc2)c1. The van der Waals surface area contributed by atoms with E-state index in [2.05, 4.69) is 5.38 Å². The van der Waals surface area contributed by atoms with Crippen molar-refractivity contribution in [3.8, 4) is 16.9 Å². The summed E-state index contributed by atoms with van der Waals surface area (Å²) in [5, 5.41) is 5.92. The quantitative estimate of drug-likeness (QED) is 0.622. The highest BCUT2D eigenvalue weighted by molar-refractivity contribution is 7.07. The minimum Gasteiger partial charge on any atom is -0.488 e. The highest BCUT2D eigenvalue weighted by Crippen LogP contribution is 2.33. The summed E-state index contributed by atoms with van der Waals surface area (Å²) >= 11 is 7.62. The van der Waals surface area contributed by atoms with Gasteiger partial charge in [0.05, 0.1) is 5.38 Å². The number of rotatable bonds is 4. The van der Waals surface area contributed by atoms with Crippen molar-refractivity contribution in [2.45, 2.75) is 6.61 Å². The van der Waals surface area contributed by atoms with Crippen LogP contribution in [0.5, 0.6) is 5.75 Å². The monoisotopic (exact) mass is 299 g/mol. The molecule has 2 aromatic carbocycles. The maximum atomic E-state index is 6.08. The summed E-state index contributed by atoms with van der Waals surface area (Å²) in [5.41, 5.74) is 3.14. The first-order valence-electron chi connectivity index (χ1n) is 6.25. The summed E-state index contributed by atoms with van der Waals surface area (Å²) in [7, 11) is 0. The fourth-order valence-corrected chi connectivity index (χ4v) is 2.70. The molecule has 3 rings (SSSR count). The van der Waals surface area contributed by atoms with Gasteiger partial charge >= 0.3 is 0 Å². The van der Waals surface area contributed by atoms with Crippen molar-refractivity contribution in [2.24, 2.45) is 0 Å². The summed E-state index contributed by atoms with van der Waals surface area (Å²) < 4.78 is 5.93. The van der Waals surface area contributed by atoms with Gasteiger partial charge in [-0.05, 0) is 35.2 Å². The topological polar surface area (TPSA) is 9.23 Å². The normalized spacial score (nSPS) is 10.4. The van der Waals surface area contributed by atoms with Crippen LogP contribution < -0.4 is 4.74 Å². The number of hydrogen-bond acceptors (Lipinski definition) is 2. The van der Waals surface area contributed by atoms with Crippen molar-refractivity contribution in [2.75, 3.05) is 0 Å². The number of hydrogen-bond donors (Lipinski definition) is 0. The second-order valence-corrected chi connectivity index (χ2v) is 5.50. The van der Waals surface area contributed by atoms with Gasteiger partial charge in [-0.15, -0.1) is 11.3 Å². The molecule has 99 valence electrons. The van der Waals surface area contributed by atoms with E-state index in [0.29, 0.717) is 11.6 Å². The lowest BCUT2D eigenvalue weighted by molar-refractivity contribution is 0.307. The zero-order valence-electron chi connectivity index (χ0n) is 10.7. The van der Waals surface area contributed by atoms with Crippen LogP contribution in [0.3, 0.4) is 0 Å². The molecule has 0 aliphatic heterocycles. The van der Waals surface area contributed by atoms with Gasteiger partial charge in [-0.2, -0.15) is 0 Å². The second-order valence-electron chi connectivity index (χ2n) is 4.35. The van der Waals surface area contributed by atoms with Gasteiger partial charge in [0.2, 0.25) is 0 Å². The summed E-state index contributed by atoms with van der Waals surface area (Å²) in [4.78, 5) is 0. The zero-order chi connectivity index (χ0) is 13.8. The lowest BCUT2D eigenvalue weighted by Crippen LogP contribution is -1.96. The third-order valence-corrected chi connectivity index (χ3v) is 3.79. The van der Waals surface area contributed by atoms with E-state index in [1.54, 1.807) is 0 Å². The molecule has 20 heavy (non-hydrogen) atoms. The fourth-order valence-electron chi connectivity index (χ4n) is 1.95. The van der Waals surface area contributed by atoms with Crippen LogP contribution in [0.2, 0.25) is 5.02 Å². The molecule has 3 aromatic rings. The van der Waals surface area contributed by atoms with Crippen LogP contribution in [0.25, 0.3) is 11.1 Å². The summed E-state index contributed by atoms with van der Waals surface area (Å²) in [6.45, 7) is 0.541. The Bertz CT molecular complexity index is 677. The average Bonchev–Trinajstić information content (AvgIpc) is 3.01. The number of benzene rings is 2. The predicted octanol–water partition coefficient (Wildman–Crippen LogP) is 5.45. The van der Waals surface area contributed by atoms with E-state index in [1.807, 2.05) is 60.0 Å². The van der Waals surface area contributed by atoms with Crippen LogP contribution in [-0.2, 0) is 6.61 Å². The maximum Gasteiger partial charge on any atom is 0.127 e. The van der Waals surface area contributed by atoms with E-state index in [1.165, 1.54) is 11.3 Å². The van der Waals surface area contributed by atoms with Crippen LogP contribution >= 0.6 is 22.9 Å². The second kappa shape index (κ2) is 6.12.